The molecule has 4 N–H and O–H groups in total. The molecule has 0 saturated heterocycles. The molecule has 0 fully saturated rings. The van der Waals surface area contributed by atoms with E-state index >= 15 is 0 Å². The molecule has 21 heavy (non-hydrogen) atoms. The standard InChI is InChI=1S/C14H10F2N2O3/c15-8-2-3-10(16)9(6-8)13(19)18-12-4-1-7(14(20)21)5-11(12)17/h1-6H,17H2,(H,18,19)(H,20,21). The quantitative estimate of drug-likeness (QED) is 0.758. The van der Waals surface area contributed by atoms with Crippen molar-refractivity contribution in [3.8, 4) is 0 Å². The summed E-state index contributed by atoms with van der Waals surface area (Å²) in [7, 11) is 0. The second-order valence-electron chi connectivity index (χ2n) is 4.19. The van der Waals surface area contributed by atoms with Crippen LogP contribution in [0.3, 0.4) is 0 Å². The highest BCUT2D eigenvalue weighted by Gasteiger charge is 2.15. The van der Waals surface area contributed by atoms with Crippen LogP contribution < -0.4 is 11.1 Å². The molecule has 0 aromatic heterocycles. The molecule has 0 unspecified atom stereocenters. The topological polar surface area (TPSA) is 92.4 Å². The van der Waals surface area contributed by atoms with E-state index in [1.807, 2.05) is 0 Å². The minimum Gasteiger partial charge on any atom is -0.478 e. The number of nitrogens with two attached hydrogens (primary N) is 1. The van der Waals surface area contributed by atoms with Gasteiger partial charge in [0.15, 0.2) is 0 Å². The van der Waals surface area contributed by atoms with Gasteiger partial charge in [-0.1, -0.05) is 0 Å². The molecular formula is C14H10F2N2O3. The molecule has 2 aromatic rings. The van der Waals surface area contributed by atoms with Gasteiger partial charge < -0.3 is 16.2 Å². The molecule has 0 saturated carbocycles. The number of amides is 1. The minimum absolute atomic E-state index is 0.0000567. The van der Waals surface area contributed by atoms with Gasteiger partial charge in [0.05, 0.1) is 22.5 Å². The van der Waals surface area contributed by atoms with Crippen LogP contribution in [0.5, 0.6) is 0 Å². The van der Waals surface area contributed by atoms with Crippen LogP contribution in [-0.4, -0.2) is 17.0 Å². The zero-order chi connectivity index (χ0) is 15.6. The Morgan fingerprint density at radius 1 is 1.10 bits per heavy atom. The van der Waals surface area contributed by atoms with Crippen LogP contribution in [0.2, 0.25) is 0 Å². The summed E-state index contributed by atoms with van der Waals surface area (Å²) in [6.07, 6.45) is 0. The smallest absolute Gasteiger partial charge is 0.335 e. The Morgan fingerprint density at radius 3 is 2.43 bits per heavy atom. The number of hydrogen-bond acceptors (Lipinski definition) is 3. The number of carbonyl (C=O) groups is 2. The van der Waals surface area contributed by atoms with E-state index in [2.05, 4.69) is 5.32 Å². The highest BCUT2D eigenvalue weighted by molar-refractivity contribution is 6.06. The fraction of sp³-hybridized carbons (Fsp3) is 0. The van der Waals surface area contributed by atoms with E-state index in [4.69, 9.17) is 10.8 Å². The Hall–Kier alpha value is -2.96. The summed E-state index contributed by atoms with van der Waals surface area (Å²) in [6.45, 7) is 0. The Labute approximate surface area is 118 Å². The van der Waals surface area contributed by atoms with Gasteiger partial charge in [-0.05, 0) is 36.4 Å². The van der Waals surface area contributed by atoms with Gasteiger partial charge in [-0.15, -0.1) is 0 Å². The second-order valence-corrected chi connectivity index (χ2v) is 4.19. The molecule has 0 bridgehead atoms. The minimum atomic E-state index is -1.17. The van der Waals surface area contributed by atoms with Crippen LogP contribution in [0.4, 0.5) is 20.2 Å². The summed E-state index contributed by atoms with van der Waals surface area (Å²) in [4.78, 5) is 22.6. The molecule has 2 aromatic carbocycles. The third-order valence-electron chi connectivity index (χ3n) is 2.72. The number of rotatable bonds is 3. The van der Waals surface area contributed by atoms with E-state index in [-0.39, 0.29) is 16.9 Å². The lowest BCUT2D eigenvalue weighted by Gasteiger charge is -2.09. The molecule has 5 nitrogen and oxygen atoms in total. The maximum absolute atomic E-state index is 13.5. The first-order valence-electron chi connectivity index (χ1n) is 5.77. The van der Waals surface area contributed by atoms with E-state index in [1.54, 1.807) is 0 Å². The third-order valence-corrected chi connectivity index (χ3v) is 2.72. The molecule has 0 aliphatic rings. The number of hydrogen-bond donors (Lipinski definition) is 3. The lowest BCUT2D eigenvalue weighted by Crippen LogP contribution is -2.15. The molecule has 0 spiro atoms. The lowest BCUT2D eigenvalue weighted by molar-refractivity contribution is 0.0696. The van der Waals surface area contributed by atoms with Crippen LogP contribution in [0.25, 0.3) is 0 Å². The fourth-order valence-electron chi connectivity index (χ4n) is 1.67. The number of anilines is 2. The first kappa shape index (κ1) is 14.4. The van der Waals surface area contributed by atoms with Crippen LogP contribution in [0.15, 0.2) is 36.4 Å². The summed E-state index contributed by atoms with van der Waals surface area (Å²) in [5, 5.41) is 11.1. The van der Waals surface area contributed by atoms with Gasteiger partial charge in [0.2, 0.25) is 0 Å². The second kappa shape index (κ2) is 5.58. The van der Waals surface area contributed by atoms with Gasteiger partial charge in [0.25, 0.3) is 5.91 Å². The van der Waals surface area contributed by atoms with E-state index in [0.717, 1.165) is 24.3 Å². The highest BCUT2D eigenvalue weighted by Crippen LogP contribution is 2.21. The summed E-state index contributed by atoms with van der Waals surface area (Å²) in [5.74, 6) is -3.69. The molecule has 2 rings (SSSR count). The number of benzene rings is 2. The number of nitrogen functional groups attached to an aromatic ring is 1. The van der Waals surface area contributed by atoms with Crippen LogP contribution in [-0.2, 0) is 0 Å². The summed E-state index contributed by atoms with van der Waals surface area (Å²) >= 11 is 0. The summed E-state index contributed by atoms with van der Waals surface area (Å²) in [5.41, 5.74) is 5.18. The number of halogens is 2. The van der Waals surface area contributed by atoms with Crippen molar-refractivity contribution in [2.24, 2.45) is 0 Å². The Kier molecular flexibility index (Phi) is 3.84. The van der Waals surface area contributed by atoms with Crippen molar-refractivity contribution in [2.75, 3.05) is 11.1 Å². The molecule has 7 heteroatoms. The molecule has 108 valence electrons. The number of carboxylic acids is 1. The third kappa shape index (κ3) is 3.14. The van der Waals surface area contributed by atoms with Crippen molar-refractivity contribution >= 4 is 23.3 Å². The largest absolute Gasteiger partial charge is 0.478 e. The number of carboxylic acid groups (broad SMARTS) is 1. The number of nitrogens with one attached hydrogen (secondary N) is 1. The van der Waals surface area contributed by atoms with Crippen molar-refractivity contribution in [2.45, 2.75) is 0 Å². The zero-order valence-electron chi connectivity index (χ0n) is 10.6. The van der Waals surface area contributed by atoms with Gasteiger partial charge >= 0.3 is 5.97 Å². The van der Waals surface area contributed by atoms with Gasteiger partial charge in [0.1, 0.15) is 11.6 Å². The molecule has 0 heterocycles. The summed E-state index contributed by atoms with van der Waals surface area (Å²) < 4.78 is 26.5. The molecule has 1 amide bonds. The maximum Gasteiger partial charge on any atom is 0.335 e. The average molecular weight is 292 g/mol. The molecule has 0 radical (unpaired) electrons. The van der Waals surface area contributed by atoms with Crippen LogP contribution in [0.1, 0.15) is 20.7 Å². The predicted molar refractivity (Wildman–Crippen MR) is 72.1 cm³/mol. The molecular weight excluding hydrogens is 282 g/mol. The predicted octanol–water partition coefficient (Wildman–Crippen LogP) is 2.50. The fourth-order valence-corrected chi connectivity index (χ4v) is 1.67. The van der Waals surface area contributed by atoms with E-state index < -0.39 is 29.1 Å². The van der Waals surface area contributed by atoms with E-state index in [1.165, 1.54) is 12.1 Å². The molecule has 0 aliphatic carbocycles. The Morgan fingerprint density at radius 2 is 1.81 bits per heavy atom. The monoisotopic (exact) mass is 292 g/mol. The van der Waals surface area contributed by atoms with Gasteiger partial charge in [0, 0.05) is 0 Å². The first-order chi connectivity index (χ1) is 9.88. The lowest BCUT2D eigenvalue weighted by atomic mass is 10.1. The normalized spacial score (nSPS) is 10.2. The van der Waals surface area contributed by atoms with Crippen molar-refractivity contribution in [3.05, 3.63) is 59.2 Å². The molecule has 0 aliphatic heterocycles. The Bertz CT molecular complexity index is 732. The first-order valence-corrected chi connectivity index (χ1v) is 5.77. The van der Waals surface area contributed by atoms with Gasteiger partial charge in [-0.2, -0.15) is 0 Å². The maximum atomic E-state index is 13.5. The average Bonchev–Trinajstić information content (AvgIpc) is 2.43. The number of carbonyl (C=O) groups excluding carboxylic acids is 1. The van der Waals surface area contributed by atoms with Crippen molar-refractivity contribution in [1.29, 1.82) is 0 Å². The zero-order valence-corrected chi connectivity index (χ0v) is 10.6. The van der Waals surface area contributed by atoms with E-state index in [9.17, 15) is 18.4 Å². The van der Waals surface area contributed by atoms with Crippen molar-refractivity contribution in [3.63, 3.8) is 0 Å². The van der Waals surface area contributed by atoms with Gasteiger partial charge in [-0.3, -0.25) is 4.79 Å². The summed E-state index contributed by atoms with van der Waals surface area (Å²) in [6, 6.07) is 6.14. The highest BCUT2D eigenvalue weighted by atomic mass is 19.1. The van der Waals surface area contributed by atoms with E-state index in [0.29, 0.717) is 0 Å². The van der Waals surface area contributed by atoms with Gasteiger partial charge in [-0.25, -0.2) is 13.6 Å². The van der Waals surface area contributed by atoms with Crippen LogP contribution >= 0.6 is 0 Å². The molecule has 0 atom stereocenters. The Balaban J connectivity index is 2.27. The van der Waals surface area contributed by atoms with Crippen LogP contribution in [0, 0.1) is 11.6 Å². The van der Waals surface area contributed by atoms with Crippen molar-refractivity contribution < 1.29 is 23.5 Å². The SMILES string of the molecule is Nc1cc(C(=O)O)ccc1NC(=O)c1cc(F)ccc1F. The van der Waals surface area contributed by atoms with Crippen molar-refractivity contribution in [1.82, 2.24) is 0 Å². The number of aromatic carboxylic acids is 1.